The molecule has 2 aliphatic heterocycles. The molecule has 1 saturated heterocycles. The number of aliphatic carboxylic acids is 1. The zero-order valence-electron chi connectivity index (χ0n) is 25.0. The molecule has 1 aromatic carbocycles. The van der Waals surface area contributed by atoms with Crippen LogP contribution in [0.3, 0.4) is 0 Å². The van der Waals surface area contributed by atoms with Crippen molar-refractivity contribution in [3.8, 4) is 23.0 Å². The van der Waals surface area contributed by atoms with E-state index >= 15 is 0 Å². The first-order chi connectivity index (χ1) is 21.2. The number of amides is 3. The van der Waals surface area contributed by atoms with Gasteiger partial charge in [0.2, 0.25) is 11.8 Å². The molecule has 1 aliphatic carbocycles. The van der Waals surface area contributed by atoms with E-state index < -0.39 is 29.6 Å². The number of benzene rings is 1. The highest BCUT2D eigenvalue weighted by Crippen LogP contribution is 2.45. The van der Waals surface area contributed by atoms with E-state index in [1.54, 1.807) is 31.5 Å². The lowest BCUT2D eigenvalue weighted by Crippen LogP contribution is -2.54. The Labute approximate surface area is 255 Å². The number of urea groups is 1. The van der Waals surface area contributed by atoms with E-state index in [1.807, 2.05) is 43.3 Å². The summed E-state index contributed by atoms with van der Waals surface area (Å²) >= 11 is 0. The van der Waals surface area contributed by atoms with Gasteiger partial charge in [-0.1, -0.05) is 12.2 Å². The molecule has 12 nitrogen and oxygen atoms in total. The molecule has 4 atom stereocenters. The van der Waals surface area contributed by atoms with Crippen molar-refractivity contribution in [1.29, 1.82) is 0 Å². The van der Waals surface area contributed by atoms with Crippen molar-refractivity contribution in [3.63, 3.8) is 0 Å². The molecule has 2 fully saturated rings. The number of nitrogens with zero attached hydrogens (tertiary/aromatic N) is 5. The van der Waals surface area contributed by atoms with Crippen molar-refractivity contribution < 1.29 is 29.0 Å². The van der Waals surface area contributed by atoms with Gasteiger partial charge in [0.25, 0.3) is 0 Å². The number of hydrogen-bond acceptors (Lipinski definition) is 8. The molecule has 0 spiro atoms. The molecular formula is C32H36N6O6. The molecule has 1 saturated carbocycles. The fraction of sp³-hybridized carbons (Fsp3) is 0.438. The van der Waals surface area contributed by atoms with Crippen molar-refractivity contribution >= 4 is 28.8 Å². The fourth-order valence-corrected chi connectivity index (χ4v) is 6.18. The second-order valence-electron chi connectivity index (χ2n) is 11.7. The lowest BCUT2D eigenvalue weighted by molar-refractivity contribution is -0.144. The highest BCUT2D eigenvalue weighted by atomic mass is 16.5. The van der Waals surface area contributed by atoms with Gasteiger partial charge in [-0.05, 0) is 56.9 Å². The molecule has 0 bridgehead atoms. The van der Waals surface area contributed by atoms with E-state index in [2.05, 4.69) is 10.3 Å². The van der Waals surface area contributed by atoms with Gasteiger partial charge in [0, 0.05) is 49.5 Å². The molecule has 44 heavy (non-hydrogen) atoms. The second-order valence-corrected chi connectivity index (χ2v) is 11.7. The number of carbonyl (C=O) groups is 3. The summed E-state index contributed by atoms with van der Waals surface area (Å²) in [5.74, 6) is -0.433. The number of carbonyl (C=O) groups excluding carboxylic acids is 2. The minimum Gasteiger partial charge on any atom is -0.496 e. The molecule has 0 radical (unpaired) electrons. The van der Waals surface area contributed by atoms with Crippen LogP contribution in [0.5, 0.6) is 11.6 Å². The van der Waals surface area contributed by atoms with Crippen molar-refractivity contribution in [2.24, 2.45) is 5.92 Å². The summed E-state index contributed by atoms with van der Waals surface area (Å²) < 4.78 is 12.1. The maximum Gasteiger partial charge on any atom is 0.330 e. The molecule has 12 heteroatoms. The summed E-state index contributed by atoms with van der Waals surface area (Å²) in [4.78, 5) is 56.4. The molecule has 2 aromatic heterocycles. The van der Waals surface area contributed by atoms with E-state index in [0.29, 0.717) is 41.3 Å². The van der Waals surface area contributed by atoms with E-state index in [4.69, 9.17) is 19.4 Å². The minimum atomic E-state index is -1.36. The molecule has 3 aromatic rings. The third-order valence-electron chi connectivity index (χ3n) is 8.84. The first-order valence-corrected chi connectivity index (χ1v) is 14.9. The molecule has 230 valence electrons. The Morgan fingerprint density at radius 1 is 1.14 bits per heavy atom. The number of ether oxygens (including phenoxy) is 2. The predicted molar refractivity (Wildman–Crippen MR) is 161 cm³/mol. The van der Waals surface area contributed by atoms with Crippen LogP contribution in [0.1, 0.15) is 37.7 Å². The number of allylic oxidation sites excluding steroid dienone is 1. The second kappa shape index (κ2) is 11.7. The van der Waals surface area contributed by atoms with Gasteiger partial charge in [0.15, 0.2) is 5.82 Å². The minimum absolute atomic E-state index is 0.135. The van der Waals surface area contributed by atoms with Crippen LogP contribution in [0.4, 0.5) is 4.79 Å². The molecule has 4 unspecified atom stereocenters. The number of aryl methyl sites for hydroxylation is 1. The normalized spacial score (nSPS) is 26.3. The summed E-state index contributed by atoms with van der Waals surface area (Å²) in [6.45, 7) is 2.59. The lowest BCUT2D eigenvalue weighted by atomic mass is 10.1. The molecule has 2 N–H and O–H groups in total. The number of carboxylic acids is 1. The molecular weight excluding hydrogens is 564 g/mol. The topological polar surface area (TPSA) is 147 Å². The van der Waals surface area contributed by atoms with Gasteiger partial charge in [0.05, 0.1) is 24.6 Å². The summed E-state index contributed by atoms with van der Waals surface area (Å²) in [7, 11) is 3.32. The maximum absolute atomic E-state index is 13.7. The summed E-state index contributed by atoms with van der Waals surface area (Å²) in [5.41, 5.74) is 0.859. The lowest BCUT2D eigenvalue weighted by Gasteiger charge is -2.29. The summed E-state index contributed by atoms with van der Waals surface area (Å²) in [6, 6.07) is 6.07. The van der Waals surface area contributed by atoms with Crippen LogP contribution in [0.15, 0.2) is 48.8 Å². The van der Waals surface area contributed by atoms with Crippen molar-refractivity contribution in [3.05, 3.63) is 54.4 Å². The average Bonchev–Trinajstić information content (AvgIpc) is 3.56. The van der Waals surface area contributed by atoms with Crippen molar-refractivity contribution in [1.82, 2.24) is 30.1 Å². The van der Waals surface area contributed by atoms with E-state index in [0.717, 1.165) is 30.4 Å². The highest BCUT2D eigenvalue weighted by Gasteiger charge is 2.61. The molecule has 3 aliphatic rings. The smallest absolute Gasteiger partial charge is 0.330 e. The average molecular weight is 601 g/mol. The predicted octanol–water partition coefficient (Wildman–Crippen LogP) is 3.58. The van der Waals surface area contributed by atoms with Gasteiger partial charge in [-0.2, -0.15) is 4.98 Å². The van der Waals surface area contributed by atoms with Crippen LogP contribution in [0, 0.1) is 12.8 Å². The maximum atomic E-state index is 13.7. The number of fused-ring (bicyclic) bond motifs is 3. The molecule has 3 amide bonds. The number of aromatic nitrogens is 3. The van der Waals surface area contributed by atoms with Gasteiger partial charge >= 0.3 is 12.0 Å². The van der Waals surface area contributed by atoms with Crippen LogP contribution < -0.4 is 14.8 Å². The fourth-order valence-electron chi connectivity index (χ4n) is 6.18. The Kier molecular flexibility index (Phi) is 7.83. The van der Waals surface area contributed by atoms with Crippen LogP contribution in [0.2, 0.25) is 0 Å². The van der Waals surface area contributed by atoms with Crippen molar-refractivity contribution in [2.45, 2.75) is 56.7 Å². The number of methoxy groups -OCH3 is 1. The Morgan fingerprint density at radius 2 is 1.93 bits per heavy atom. The van der Waals surface area contributed by atoms with Gasteiger partial charge in [0.1, 0.15) is 23.4 Å². The van der Waals surface area contributed by atoms with Crippen LogP contribution in [-0.2, 0) is 9.59 Å². The standard InChI is InChI=1S/C32H36N6O6/c1-19-25(43-3)10-9-23-26(19)34-27(20-11-13-33-14-12-20)35-29(23)44-22-16-24-28(39)36-32(30(40)41)17-21(32)8-6-4-5-7-15-37(2)31(42)38(24)18-22/h6,8-14,21-22,24H,4-5,7,15-18H2,1-3H3,(H,36,39)(H,40,41)/b8-6-. The van der Waals surface area contributed by atoms with Crippen LogP contribution in [0.25, 0.3) is 22.3 Å². The summed E-state index contributed by atoms with van der Waals surface area (Å²) in [6.07, 6.45) is 9.54. The molecule has 4 heterocycles. The number of hydrogen-bond donors (Lipinski definition) is 2. The Hall–Kier alpha value is -4.74. The van der Waals surface area contributed by atoms with Crippen LogP contribution in [-0.4, -0.2) is 92.7 Å². The largest absolute Gasteiger partial charge is 0.496 e. The zero-order valence-corrected chi connectivity index (χ0v) is 25.0. The zero-order chi connectivity index (χ0) is 31.0. The Morgan fingerprint density at radius 3 is 2.68 bits per heavy atom. The van der Waals surface area contributed by atoms with Crippen LogP contribution >= 0.6 is 0 Å². The van der Waals surface area contributed by atoms with E-state index in [1.165, 1.54) is 4.90 Å². The van der Waals surface area contributed by atoms with Gasteiger partial charge in [-0.3, -0.25) is 9.78 Å². The van der Waals surface area contributed by atoms with Gasteiger partial charge in [-0.25, -0.2) is 14.6 Å². The SMILES string of the molecule is COc1ccc2c(OC3CC4C(=O)NC5(C(=O)O)CC5/C=C\CCCCN(C)C(=O)N4C3)nc(-c3ccncc3)nc2c1C. The number of pyridine rings is 1. The monoisotopic (exact) mass is 600 g/mol. The third kappa shape index (κ3) is 5.40. The quantitative estimate of drug-likeness (QED) is 0.420. The number of nitrogens with one attached hydrogen (secondary N) is 1. The third-order valence-corrected chi connectivity index (χ3v) is 8.84. The first-order valence-electron chi connectivity index (χ1n) is 14.9. The Bertz CT molecular complexity index is 1630. The first kappa shape index (κ1) is 29.3. The van der Waals surface area contributed by atoms with E-state index in [9.17, 15) is 19.5 Å². The van der Waals surface area contributed by atoms with Gasteiger partial charge < -0.3 is 29.7 Å². The Balaban J connectivity index is 1.34. The number of carboxylic acid groups (broad SMARTS) is 1. The number of rotatable bonds is 5. The van der Waals surface area contributed by atoms with Gasteiger partial charge in [-0.15, -0.1) is 0 Å². The summed E-state index contributed by atoms with van der Waals surface area (Å²) in [5, 5.41) is 13.5. The van der Waals surface area contributed by atoms with E-state index in [-0.39, 0.29) is 24.9 Å². The highest BCUT2D eigenvalue weighted by molar-refractivity contribution is 5.95. The van der Waals surface area contributed by atoms with Crippen molar-refractivity contribution in [2.75, 3.05) is 27.2 Å². The molecule has 6 rings (SSSR count).